The van der Waals surface area contributed by atoms with Gasteiger partial charge >= 0.3 is 15.3 Å². The van der Waals surface area contributed by atoms with E-state index in [1.165, 1.54) is 16.7 Å². The first kappa shape index (κ1) is 34.3. The maximum Gasteiger partial charge on any atom is 0.404 e. The second-order valence-electron chi connectivity index (χ2n) is 13.7. The lowest BCUT2D eigenvalue weighted by Crippen LogP contribution is -2.58. The lowest BCUT2D eigenvalue weighted by Gasteiger charge is -2.47. The summed E-state index contributed by atoms with van der Waals surface area (Å²) in [5, 5.41) is -4.56. The molecule has 0 spiro atoms. The van der Waals surface area contributed by atoms with Gasteiger partial charge in [-0.2, -0.15) is 0 Å². The van der Waals surface area contributed by atoms with Crippen LogP contribution in [0.2, 0.25) is 0 Å². The van der Waals surface area contributed by atoms with E-state index in [9.17, 15) is 0 Å². The molecule has 0 fully saturated rings. The zero-order chi connectivity index (χ0) is 31.7. The molecular formula is C30H42B3Cl6N3. The van der Waals surface area contributed by atoms with E-state index in [1.54, 1.807) is 0 Å². The van der Waals surface area contributed by atoms with Gasteiger partial charge in [0.1, 0.15) is 0 Å². The van der Waals surface area contributed by atoms with E-state index in [4.69, 9.17) is 68.8 Å². The van der Waals surface area contributed by atoms with Gasteiger partial charge in [0, 0.05) is 42.3 Å². The Kier molecular flexibility index (Phi) is 9.30. The second-order valence-corrected chi connectivity index (χ2v) is 18.1. The van der Waals surface area contributed by atoms with Crippen molar-refractivity contribution in [2.75, 3.05) is 42.3 Å². The third-order valence-electron chi connectivity index (χ3n) is 11.0. The van der Waals surface area contributed by atoms with E-state index in [-0.39, 0.29) is 0 Å². The number of halogens is 6. The van der Waals surface area contributed by atoms with Crippen LogP contribution in [0.25, 0.3) is 0 Å². The molecule has 42 heavy (non-hydrogen) atoms. The fourth-order valence-electron chi connectivity index (χ4n) is 6.62. The Morgan fingerprint density at radius 3 is 0.786 bits per heavy atom. The van der Waals surface area contributed by atoms with Gasteiger partial charge in [0.05, 0.1) is 18.1 Å². The van der Waals surface area contributed by atoms with Gasteiger partial charge in [-0.1, -0.05) is 72.8 Å². The van der Waals surface area contributed by atoms with E-state index in [2.05, 4.69) is 81.3 Å². The van der Waals surface area contributed by atoms with E-state index >= 15 is 0 Å². The Morgan fingerprint density at radius 2 is 0.595 bits per heavy atom. The summed E-state index contributed by atoms with van der Waals surface area (Å²) in [5.41, 5.74) is 7.16. The Labute approximate surface area is 282 Å². The molecule has 3 nitrogen and oxygen atoms in total. The van der Waals surface area contributed by atoms with E-state index in [1.807, 2.05) is 54.6 Å². The van der Waals surface area contributed by atoms with Crippen LogP contribution < -0.4 is 16.4 Å². The van der Waals surface area contributed by atoms with Crippen LogP contribution in [0.3, 0.4) is 0 Å². The van der Waals surface area contributed by atoms with E-state index in [0.717, 1.165) is 16.4 Å². The van der Waals surface area contributed by atoms with Crippen LogP contribution in [-0.2, 0) is 0 Å². The van der Waals surface area contributed by atoms with Gasteiger partial charge in [-0.15, -0.1) is 16.4 Å². The summed E-state index contributed by atoms with van der Waals surface area (Å²) >= 11 is 38.9. The van der Waals surface area contributed by atoms with Gasteiger partial charge < -0.3 is 13.2 Å². The third-order valence-corrected chi connectivity index (χ3v) is 15.4. The van der Waals surface area contributed by atoms with Crippen molar-refractivity contribution in [2.24, 2.45) is 0 Å². The van der Waals surface area contributed by atoms with Gasteiger partial charge in [-0.05, 0) is 37.5 Å². The molecule has 0 radical (unpaired) electrons. The molecule has 3 heterocycles. The minimum absolute atomic E-state index is 0.362. The Bertz CT molecular complexity index is 1300. The fraction of sp³-hybridized carbons (Fsp3) is 0.400. The highest BCUT2D eigenvalue weighted by Crippen LogP contribution is 2.44. The van der Waals surface area contributed by atoms with Crippen LogP contribution in [0.1, 0.15) is 55.6 Å². The van der Waals surface area contributed by atoms with Gasteiger partial charge in [0.2, 0.25) is 0 Å². The second kappa shape index (κ2) is 11.4. The average Bonchev–Trinajstić information content (AvgIpc) is 3.25. The molecule has 0 saturated carbocycles. The number of rotatable bonds is 0. The van der Waals surface area contributed by atoms with Gasteiger partial charge in [0.25, 0.3) is 0 Å². The van der Waals surface area contributed by atoms with Gasteiger partial charge in [-0.3, -0.25) is 68.8 Å². The lowest BCUT2D eigenvalue weighted by molar-refractivity contribution is -0.812. The summed E-state index contributed by atoms with van der Waals surface area (Å²) in [6, 6.07) is 25.7. The van der Waals surface area contributed by atoms with Crippen molar-refractivity contribution in [2.45, 2.75) is 38.9 Å². The highest BCUT2D eigenvalue weighted by atomic mass is 35.5. The number of quaternary nitrogens is 3. The molecule has 0 amide bonds. The smallest absolute Gasteiger partial charge is 0.404 e. The Hall–Kier alpha value is -0.525. The van der Waals surface area contributed by atoms with Crippen molar-refractivity contribution in [1.82, 2.24) is 0 Å². The molecule has 3 aromatic rings. The van der Waals surface area contributed by atoms with Crippen molar-refractivity contribution < 1.29 is 13.2 Å². The molecule has 6 rings (SSSR count). The predicted molar refractivity (Wildman–Crippen MR) is 192 cm³/mol. The van der Waals surface area contributed by atoms with Crippen LogP contribution in [0.4, 0.5) is 0 Å². The first-order valence-corrected chi connectivity index (χ1v) is 17.1. The molecule has 0 bridgehead atoms. The molecule has 0 aromatic heterocycles. The fourth-order valence-corrected chi connectivity index (χ4v) is 8.82. The molecule has 3 aromatic carbocycles. The van der Waals surface area contributed by atoms with E-state index < -0.39 is 15.3 Å². The van der Waals surface area contributed by atoms with Crippen molar-refractivity contribution in [1.29, 1.82) is 0 Å². The first-order chi connectivity index (χ1) is 19.2. The van der Waals surface area contributed by atoms with Crippen LogP contribution in [0.5, 0.6) is 0 Å². The van der Waals surface area contributed by atoms with Crippen LogP contribution in [-0.4, -0.2) is 70.8 Å². The standard InChI is InChI=1S/3C10H14BCl2N/c3*1-8-9-6-4-5-7-10(9)11(12,13)14(8,2)3/h3*4-8H,1-3H3/t3*8-/m111/s1. The highest BCUT2D eigenvalue weighted by molar-refractivity contribution is 7.48. The summed E-state index contributed by atoms with van der Waals surface area (Å²) in [4.78, 5) is 0. The Balaban J connectivity index is 0.000000145. The summed E-state index contributed by atoms with van der Waals surface area (Å²) in [7, 11) is 12.5. The molecule has 0 unspecified atom stereocenters. The molecule has 0 N–H and O–H groups in total. The predicted octanol–water partition coefficient (Wildman–Crippen LogP) is 7.38. The minimum atomic E-state index is -1.52. The SMILES string of the molecule is C[C@@H]1c2ccccc2[B-](Cl)(Cl)[N+]1(C)C.C[C@@H]1c2ccccc2[B-](Cl)(Cl)[N+]1(C)C.C[C@@H]1c2ccccc2[B-](Cl)(Cl)[N+]1(C)C. The number of hydrogen-bond acceptors (Lipinski definition) is 0. The molecule has 12 heteroatoms. The van der Waals surface area contributed by atoms with Crippen LogP contribution in [0, 0.1) is 0 Å². The summed E-state index contributed by atoms with van der Waals surface area (Å²) in [6.07, 6.45) is 0. The summed E-state index contributed by atoms with van der Waals surface area (Å²) in [6.45, 7) is 6.52. The monoisotopic (exact) mass is 687 g/mol. The van der Waals surface area contributed by atoms with Crippen LogP contribution >= 0.6 is 68.8 Å². The zero-order valence-electron chi connectivity index (χ0n) is 26.0. The molecule has 228 valence electrons. The summed E-state index contributed by atoms with van der Waals surface area (Å²) < 4.78 is 1.92. The molecule has 0 saturated heterocycles. The quantitative estimate of drug-likeness (QED) is 0.216. The number of nitrogens with zero attached hydrogens (tertiary/aromatic N) is 3. The number of fused-ring (bicyclic) bond motifs is 3. The molecule has 3 aliphatic rings. The topological polar surface area (TPSA) is 0 Å². The third kappa shape index (κ3) is 5.06. The van der Waals surface area contributed by atoms with Crippen LogP contribution in [0.15, 0.2) is 72.8 Å². The lowest BCUT2D eigenvalue weighted by atomic mass is 9.77. The average molecular weight is 690 g/mol. The minimum Gasteiger partial charge on any atom is -0.484 e. The van der Waals surface area contributed by atoms with Crippen molar-refractivity contribution >= 4 is 100 Å². The van der Waals surface area contributed by atoms with Gasteiger partial charge in [0.15, 0.2) is 0 Å². The molecular weight excluding hydrogens is 648 g/mol. The molecule has 3 aliphatic heterocycles. The Morgan fingerprint density at radius 1 is 0.405 bits per heavy atom. The summed E-state index contributed by atoms with van der Waals surface area (Å²) in [5.74, 6) is 0. The largest absolute Gasteiger partial charge is 0.484 e. The normalized spacial score (nSPS) is 27.4. The van der Waals surface area contributed by atoms with E-state index in [0.29, 0.717) is 31.3 Å². The number of hydrogen-bond donors (Lipinski definition) is 0. The number of benzene rings is 3. The van der Waals surface area contributed by atoms with Crippen molar-refractivity contribution in [3.63, 3.8) is 0 Å². The van der Waals surface area contributed by atoms with Gasteiger partial charge in [-0.25, -0.2) is 0 Å². The van der Waals surface area contributed by atoms with Crippen molar-refractivity contribution in [3.8, 4) is 0 Å². The first-order valence-electron chi connectivity index (χ1n) is 14.5. The highest BCUT2D eigenvalue weighted by Gasteiger charge is 2.52. The molecule has 0 aliphatic carbocycles. The van der Waals surface area contributed by atoms with Crippen molar-refractivity contribution in [3.05, 3.63) is 89.5 Å². The molecule has 3 atom stereocenters. The maximum atomic E-state index is 6.48. The zero-order valence-corrected chi connectivity index (χ0v) is 30.5. The maximum absolute atomic E-state index is 6.48.